The van der Waals surface area contributed by atoms with Gasteiger partial charge in [-0.1, -0.05) is 72.8 Å². The molecule has 1 fully saturated rings. The highest BCUT2D eigenvalue weighted by molar-refractivity contribution is 6.39. The molecule has 0 aromatic heterocycles. The van der Waals surface area contributed by atoms with Gasteiger partial charge >= 0.3 is 0 Å². The predicted molar refractivity (Wildman–Crippen MR) is 121 cm³/mol. The zero-order chi connectivity index (χ0) is 19.6. The Morgan fingerprint density at radius 3 is 1.90 bits per heavy atom. The summed E-state index contributed by atoms with van der Waals surface area (Å²) in [7, 11) is 2.03. The maximum absolute atomic E-state index is 5.98. The molecule has 0 radical (unpaired) electrons. The van der Waals surface area contributed by atoms with E-state index >= 15 is 0 Å². The van der Waals surface area contributed by atoms with Crippen LogP contribution in [0.4, 0.5) is 11.4 Å². The molecule has 0 unspecified atom stereocenters. The van der Waals surface area contributed by atoms with Gasteiger partial charge in [0.1, 0.15) is 6.61 Å². The lowest BCUT2D eigenvalue weighted by molar-refractivity contribution is 0.252. The van der Waals surface area contributed by atoms with Crippen LogP contribution >= 0.6 is 0 Å². The van der Waals surface area contributed by atoms with Crippen LogP contribution in [0.15, 0.2) is 94.9 Å². The van der Waals surface area contributed by atoms with Crippen LogP contribution in [0.5, 0.6) is 0 Å². The Morgan fingerprint density at radius 1 is 0.690 bits per heavy atom. The van der Waals surface area contributed by atoms with Crippen molar-refractivity contribution in [3.63, 3.8) is 0 Å². The summed E-state index contributed by atoms with van der Waals surface area (Å²) in [5.74, 6) is 1.31. The molecule has 0 N–H and O–H groups in total. The highest BCUT2D eigenvalue weighted by Crippen LogP contribution is 2.29. The topological polar surface area (TPSA) is 37.2 Å². The molecule has 0 spiro atoms. The summed E-state index contributed by atoms with van der Waals surface area (Å²) in [5.41, 5.74) is 1.81. The van der Waals surface area contributed by atoms with E-state index in [-0.39, 0.29) is 0 Å². The van der Waals surface area contributed by atoms with Crippen LogP contribution in [-0.4, -0.2) is 36.8 Å². The number of nitrogens with zero attached hydrogens (tertiary/aromatic N) is 3. The molecule has 5 rings (SSSR count). The number of morpholine rings is 1. The number of likely N-dealkylation sites (N-methyl/N-ethyl adjacent to an activating group) is 1. The van der Waals surface area contributed by atoms with E-state index in [2.05, 4.69) is 41.3 Å². The average Bonchev–Trinajstić information content (AvgIpc) is 2.76. The first-order chi connectivity index (χ1) is 14.3. The van der Waals surface area contributed by atoms with E-state index in [4.69, 9.17) is 14.7 Å². The van der Waals surface area contributed by atoms with Crippen molar-refractivity contribution in [1.82, 2.24) is 4.90 Å². The lowest BCUT2D eigenvalue weighted by Crippen LogP contribution is -2.42. The molecule has 29 heavy (non-hydrogen) atoms. The summed E-state index contributed by atoms with van der Waals surface area (Å²) in [6.45, 7) is 1.37. The monoisotopic (exact) mass is 379 g/mol. The van der Waals surface area contributed by atoms with Crippen LogP contribution in [0, 0.1) is 0 Å². The molecule has 1 aliphatic heterocycles. The quantitative estimate of drug-likeness (QED) is 0.447. The fraction of sp³-hybridized carbons (Fsp3) is 0.120. The smallest absolute Gasteiger partial charge is 0.258 e. The van der Waals surface area contributed by atoms with E-state index in [9.17, 15) is 0 Å². The van der Waals surface area contributed by atoms with Crippen molar-refractivity contribution >= 4 is 44.7 Å². The minimum atomic E-state index is 0.558. The van der Waals surface area contributed by atoms with Crippen molar-refractivity contribution in [1.29, 1.82) is 0 Å². The maximum atomic E-state index is 5.98. The minimum Gasteiger partial charge on any atom is -0.473 e. The van der Waals surface area contributed by atoms with Gasteiger partial charge in [-0.25, -0.2) is 9.98 Å². The third-order valence-electron chi connectivity index (χ3n) is 5.20. The highest BCUT2D eigenvalue weighted by atomic mass is 16.5. The van der Waals surface area contributed by atoms with Crippen LogP contribution in [-0.2, 0) is 4.74 Å². The normalized spacial score (nSPS) is 17.2. The Bertz CT molecular complexity index is 1250. The standard InChI is InChI=1S/C25H21N3O/c1-28-16-17-29-25(27-23-15-7-11-19-9-3-5-13-21(19)23)24(28)26-22-14-6-10-18-8-2-4-12-20(18)22/h2-15H,16-17H2,1H3. The third kappa shape index (κ3) is 3.34. The van der Waals surface area contributed by atoms with Gasteiger partial charge in [0.15, 0.2) is 5.84 Å². The zero-order valence-electron chi connectivity index (χ0n) is 16.2. The molecule has 0 aliphatic carbocycles. The molecule has 4 nitrogen and oxygen atoms in total. The summed E-state index contributed by atoms with van der Waals surface area (Å²) in [4.78, 5) is 12.0. The molecular formula is C25H21N3O. The molecule has 4 aromatic rings. The second-order valence-corrected chi connectivity index (χ2v) is 7.12. The molecule has 142 valence electrons. The van der Waals surface area contributed by atoms with Crippen molar-refractivity contribution in [2.75, 3.05) is 20.2 Å². The Morgan fingerprint density at radius 2 is 1.24 bits per heavy atom. The number of hydrogen-bond donors (Lipinski definition) is 0. The Labute approximate surface area is 169 Å². The first-order valence-corrected chi connectivity index (χ1v) is 9.77. The molecule has 0 amide bonds. The lowest BCUT2D eigenvalue weighted by Gasteiger charge is -2.27. The van der Waals surface area contributed by atoms with Crippen molar-refractivity contribution in [2.24, 2.45) is 9.98 Å². The number of amidine groups is 1. The number of aliphatic imine (C=N–C) groups is 2. The van der Waals surface area contributed by atoms with Crippen LogP contribution < -0.4 is 0 Å². The van der Waals surface area contributed by atoms with Gasteiger partial charge in [0, 0.05) is 17.8 Å². The van der Waals surface area contributed by atoms with Gasteiger partial charge in [-0.05, 0) is 22.9 Å². The third-order valence-corrected chi connectivity index (χ3v) is 5.20. The summed E-state index contributed by atoms with van der Waals surface area (Å²) < 4.78 is 5.98. The summed E-state index contributed by atoms with van der Waals surface area (Å²) in [5, 5.41) is 4.54. The van der Waals surface area contributed by atoms with E-state index in [1.807, 2.05) is 55.6 Å². The average molecular weight is 379 g/mol. The number of ether oxygens (including phenoxy) is 1. The van der Waals surface area contributed by atoms with Crippen LogP contribution in [0.25, 0.3) is 21.5 Å². The van der Waals surface area contributed by atoms with Gasteiger partial charge in [-0.15, -0.1) is 0 Å². The second-order valence-electron chi connectivity index (χ2n) is 7.12. The van der Waals surface area contributed by atoms with Gasteiger partial charge in [0.05, 0.1) is 17.9 Å². The molecule has 0 atom stereocenters. The fourth-order valence-corrected chi connectivity index (χ4v) is 3.66. The van der Waals surface area contributed by atoms with Crippen molar-refractivity contribution < 1.29 is 4.74 Å². The van der Waals surface area contributed by atoms with Crippen molar-refractivity contribution in [3.8, 4) is 0 Å². The SMILES string of the molecule is CN1CCOC(=Nc2cccc3ccccc23)C1=Nc1cccc2ccccc12. The van der Waals surface area contributed by atoms with E-state index in [0.29, 0.717) is 12.5 Å². The molecule has 1 heterocycles. The van der Waals surface area contributed by atoms with Gasteiger partial charge in [0.25, 0.3) is 5.90 Å². The Balaban J connectivity index is 1.65. The first-order valence-electron chi connectivity index (χ1n) is 9.77. The Hall–Kier alpha value is -3.66. The number of hydrogen-bond acceptors (Lipinski definition) is 3. The number of rotatable bonds is 2. The van der Waals surface area contributed by atoms with Gasteiger partial charge in [-0.3, -0.25) is 0 Å². The van der Waals surface area contributed by atoms with Gasteiger partial charge < -0.3 is 9.64 Å². The number of fused-ring (bicyclic) bond motifs is 2. The van der Waals surface area contributed by atoms with Gasteiger partial charge in [-0.2, -0.15) is 0 Å². The molecular weight excluding hydrogens is 358 g/mol. The first kappa shape index (κ1) is 17.4. The van der Waals surface area contributed by atoms with Crippen molar-refractivity contribution in [2.45, 2.75) is 0 Å². The summed E-state index contributed by atoms with van der Waals surface area (Å²) in [6, 6.07) is 28.8. The Kier molecular flexibility index (Phi) is 4.45. The minimum absolute atomic E-state index is 0.558. The zero-order valence-corrected chi connectivity index (χ0v) is 16.2. The van der Waals surface area contributed by atoms with E-state index in [0.717, 1.165) is 39.9 Å². The lowest BCUT2D eigenvalue weighted by atomic mass is 10.1. The summed E-state index contributed by atoms with van der Waals surface area (Å²) >= 11 is 0. The van der Waals surface area contributed by atoms with Crippen LogP contribution in [0.1, 0.15) is 0 Å². The molecule has 1 aliphatic rings. The van der Waals surface area contributed by atoms with Crippen molar-refractivity contribution in [3.05, 3.63) is 84.9 Å². The van der Waals surface area contributed by atoms with E-state index in [1.165, 1.54) is 5.39 Å². The van der Waals surface area contributed by atoms with E-state index in [1.54, 1.807) is 0 Å². The second kappa shape index (κ2) is 7.40. The molecule has 0 saturated carbocycles. The highest BCUT2D eigenvalue weighted by Gasteiger charge is 2.22. The maximum Gasteiger partial charge on any atom is 0.258 e. The fourth-order valence-electron chi connectivity index (χ4n) is 3.66. The molecule has 0 bridgehead atoms. The van der Waals surface area contributed by atoms with E-state index < -0.39 is 0 Å². The largest absolute Gasteiger partial charge is 0.473 e. The van der Waals surface area contributed by atoms with Crippen LogP contribution in [0.2, 0.25) is 0 Å². The summed E-state index contributed by atoms with van der Waals surface area (Å²) in [6.07, 6.45) is 0. The van der Waals surface area contributed by atoms with Gasteiger partial charge in [0.2, 0.25) is 0 Å². The molecule has 4 aromatic carbocycles. The molecule has 4 heteroatoms. The molecule has 1 saturated heterocycles. The van der Waals surface area contributed by atoms with Crippen LogP contribution in [0.3, 0.4) is 0 Å². The predicted octanol–water partition coefficient (Wildman–Crippen LogP) is 5.72. The number of benzene rings is 4.